The third kappa shape index (κ3) is 4.31. The fraction of sp³-hybridized carbons (Fsp3) is 0.647. The van der Waals surface area contributed by atoms with Crippen LogP contribution in [0.4, 0.5) is 4.39 Å². The first-order chi connectivity index (χ1) is 9.19. The van der Waals surface area contributed by atoms with Crippen LogP contribution in [0.15, 0.2) is 24.3 Å². The molecule has 1 atom stereocenters. The highest BCUT2D eigenvalue weighted by atomic mass is 19.1. The Hall–Kier alpha value is -0.890. The van der Waals surface area contributed by atoms with Crippen molar-refractivity contribution in [1.82, 2.24) is 5.32 Å². The lowest BCUT2D eigenvalue weighted by Crippen LogP contribution is -2.35. The van der Waals surface area contributed by atoms with Crippen molar-refractivity contribution in [3.8, 4) is 0 Å². The summed E-state index contributed by atoms with van der Waals surface area (Å²) in [6.45, 7) is 4.41. The molecule has 0 aliphatic heterocycles. The monoisotopic (exact) mass is 263 g/mol. The Kier molecular flexibility index (Phi) is 5.38. The molecule has 1 N–H and O–H groups in total. The smallest absolute Gasteiger partial charge is 0.123 e. The number of hydrogen-bond acceptors (Lipinski definition) is 1. The first-order valence-electron chi connectivity index (χ1n) is 7.70. The number of hydrogen-bond donors (Lipinski definition) is 1. The standard InChI is InChI=1S/C17H26FN/c1-3-5-14-8-10-17(11-9-14)19-13(2)15-6-4-7-16(18)12-15/h4,6-7,12-14,17,19H,3,5,8-11H2,1-2H3/t13-,14?,17?/m0/s1. The van der Waals surface area contributed by atoms with Crippen LogP contribution in [-0.2, 0) is 0 Å². The zero-order valence-electron chi connectivity index (χ0n) is 12.2. The van der Waals surface area contributed by atoms with Gasteiger partial charge in [-0.25, -0.2) is 4.39 Å². The van der Waals surface area contributed by atoms with Gasteiger partial charge in [-0.3, -0.25) is 0 Å². The lowest BCUT2D eigenvalue weighted by Gasteiger charge is -2.31. The van der Waals surface area contributed by atoms with Crippen LogP contribution in [-0.4, -0.2) is 6.04 Å². The molecule has 1 aromatic rings. The third-order valence-electron chi connectivity index (χ3n) is 4.38. The van der Waals surface area contributed by atoms with Gasteiger partial charge in [0.25, 0.3) is 0 Å². The summed E-state index contributed by atoms with van der Waals surface area (Å²) >= 11 is 0. The highest BCUT2D eigenvalue weighted by molar-refractivity contribution is 5.19. The predicted octanol–water partition coefficient (Wildman–Crippen LogP) is 4.84. The molecule has 1 nitrogen and oxygen atoms in total. The van der Waals surface area contributed by atoms with Gasteiger partial charge in [0, 0.05) is 12.1 Å². The van der Waals surface area contributed by atoms with Gasteiger partial charge < -0.3 is 5.32 Å². The Balaban J connectivity index is 1.82. The predicted molar refractivity (Wildman–Crippen MR) is 78.6 cm³/mol. The molecule has 1 aliphatic carbocycles. The van der Waals surface area contributed by atoms with Crippen LogP contribution in [0.1, 0.15) is 64.0 Å². The van der Waals surface area contributed by atoms with E-state index in [-0.39, 0.29) is 11.9 Å². The summed E-state index contributed by atoms with van der Waals surface area (Å²) in [6.07, 6.45) is 7.92. The van der Waals surface area contributed by atoms with Gasteiger partial charge in [-0.1, -0.05) is 31.9 Å². The molecule has 1 saturated carbocycles. The lowest BCUT2D eigenvalue weighted by atomic mass is 9.83. The van der Waals surface area contributed by atoms with Crippen molar-refractivity contribution in [3.63, 3.8) is 0 Å². The van der Waals surface area contributed by atoms with Gasteiger partial charge in [0.2, 0.25) is 0 Å². The van der Waals surface area contributed by atoms with Crippen LogP contribution in [0.5, 0.6) is 0 Å². The molecule has 0 aromatic heterocycles. The van der Waals surface area contributed by atoms with E-state index in [0.717, 1.165) is 11.5 Å². The normalized spacial score (nSPS) is 25.2. The van der Waals surface area contributed by atoms with Crippen molar-refractivity contribution in [3.05, 3.63) is 35.6 Å². The van der Waals surface area contributed by atoms with Gasteiger partial charge in [-0.05, 0) is 56.2 Å². The summed E-state index contributed by atoms with van der Waals surface area (Å²) < 4.78 is 13.2. The second-order valence-electron chi connectivity index (χ2n) is 5.95. The topological polar surface area (TPSA) is 12.0 Å². The van der Waals surface area contributed by atoms with Crippen molar-refractivity contribution in [2.75, 3.05) is 0 Å². The van der Waals surface area contributed by atoms with Crippen LogP contribution in [0.25, 0.3) is 0 Å². The molecule has 0 amide bonds. The maximum atomic E-state index is 13.2. The zero-order chi connectivity index (χ0) is 13.7. The minimum absolute atomic E-state index is 0.141. The van der Waals surface area contributed by atoms with Crippen LogP contribution < -0.4 is 5.32 Å². The van der Waals surface area contributed by atoms with Gasteiger partial charge >= 0.3 is 0 Å². The highest BCUT2D eigenvalue weighted by Crippen LogP contribution is 2.29. The van der Waals surface area contributed by atoms with Gasteiger partial charge in [-0.15, -0.1) is 0 Å². The van der Waals surface area contributed by atoms with Gasteiger partial charge in [0.15, 0.2) is 0 Å². The van der Waals surface area contributed by atoms with Gasteiger partial charge in [0.05, 0.1) is 0 Å². The molecule has 0 bridgehead atoms. The first-order valence-corrected chi connectivity index (χ1v) is 7.70. The second-order valence-corrected chi connectivity index (χ2v) is 5.95. The quantitative estimate of drug-likeness (QED) is 0.802. The fourth-order valence-corrected chi connectivity index (χ4v) is 3.25. The minimum Gasteiger partial charge on any atom is -0.307 e. The Labute approximate surface area is 116 Å². The van der Waals surface area contributed by atoms with E-state index < -0.39 is 0 Å². The number of rotatable bonds is 5. The largest absolute Gasteiger partial charge is 0.307 e. The molecular weight excluding hydrogens is 237 g/mol. The summed E-state index contributed by atoms with van der Waals surface area (Å²) in [5.41, 5.74) is 1.05. The van der Waals surface area contributed by atoms with E-state index in [9.17, 15) is 4.39 Å². The Bertz CT molecular complexity index is 383. The minimum atomic E-state index is -0.141. The molecule has 0 heterocycles. The van der Waals surface area contributed by atoms with E-state index in [1.54, 1.807) is 12.1 Å². The molecule has 2 rings (SSSR count). The molecule has 1 aliphatic rings. The second kappa shape index (κ2) is 7.04. The number of nitrogens with one attached hydrogen (secondary N) is 1. The summed E-state index contributed by atoms with van der Waals surface area (Å²) in [6, 6.07) is 7.78. The van der Waals surface area contributed by atoms with Crippen molar-refractivity contribution in [2.45, 2.75) is 64.5 Å². The molecule has 0 saturated heterocycles. The van der Waals surface area contributed by atoms with Crippen LogP contribution >= 0.6 is 0 Å². The number of benzene rings is 1. The van der Waals surface area contributed by atoms with E-state index in [0.29, 0.717) is 6.04 Å². The SMILES string of the molecule is CCCC1CCC(N[C@@H](C)c2cccc(F)c2)CC1. The molecule has 19 heavy (non-hydrogen) atoms. The molecule has 2 heteroatoms. The van der Waals surface area contributed by atoms with Crippen molar-refractivity contribution < 1.29 is 4.39 Å². The van der Waals surface area contributed by atoms with E-state index in [2.05, 4.69) is 19.2 Å². The van der Waals surface area contributed by atoms with Crippen LogP contribution in [0.3, 0.4) is 0 Å². The Morgan fingerprint density at radius 2 is 2.00 bits per heavy atom. The lowest BCUT2D eigenvalue weighted by molar-refractivity contribution is 0.266. The van der Waals surface area contributed by atoms with Crippen LogP contribution in [0, 0.1) is 11.7 Å². The maximum Gasteiger partial charge on any atom is 0.123 e. The van der Waals surface area contributed by atoms with E-state index in [4.69, 9.17) is 0 Å². The highest BCUT2D eigenvalue weighted by Gasteiger charge is 2.21. The summed E-state index contributed by atoms with van der Waals surface area (Å²) in [4.78, 5) is 0. The maximum absolute atomic E-state index is 13.2. The van der Waals surface area contributed by atoms with Crippen molar-refractivity contribution in [1.29, 1.82) is 0 Å². The van der Waals surface area contributed by atoms with Gasteiger partial charge in [-0.2, -0.15) is 0 Å². The molecule has 0 radical (unpaired) electrons. The fourth-order valence-electron chi connectivity index (χ4n) is 3.25. The Morgan fingerprint density at radius 1 is 1.26 bits per heavy atom. The first kappa shape index (κ1) is 14.5. The van der Waals surface area contributed by atoms with E-state index in [1.807, 2.05) is 6.07 Å². The summed E-state index contributed by atoms with van der Waals surface area (Å²) in [7, 11) is 0. The van der Waals surface area contributed by atoms with E-state index in [1.165, 1.54) is 44.6 Å². The average Bonchev–Trinajstić information content (AvgIpc) is 2.41. The summed E-state index contributed by atoms with van der Waals surface area (Å²) in [5.74, 6) is 0.797. The van der Waals surface area contributed by atoms with Gasteiger partial charge in [0.1, 0.15) is 5.82 Å². The van der Waals surface area contributed by atoms with Crippen LogP contribution in [0.2, 0.25) is 0 Å². The third-order valence-corrected chi connectivity index (χ3v) is 4.38. The molecule has 1 fully saturated rings. The molecule has 0 spiro atoms. The van der Waals surface area contributed by atoms with Crippen molar-refractivity contribution >= 4 is 0 Å². The Morgan fingerprint density at radius 3 is 2.63 bits per heavy atom. The molecule has 1 aromatic carbocycles. The summed E-state index contributed by atoms with van der Waals surface area (Å²) in [5, 5.41) is 3.66. The van der Waals surface area contributed by atoms with E-state index >= 15 is 0 Å². The van der Waals surface area contributed by atoms with Crippen molar-refractivity contribution in [2.24, 2.45) is 5.92 Å². The average molecular weight is 263 g/mol. The zero-order valence-corrected chi connectivity index (χ0v) is 12.2. The molecule has 106 valence electrons. The number of halogens is 1. The molecule has 0 unspecified atom stereocenters. The molecular formula is C17H26FN.